The fourth-order valence-corrected chi connectivity index (χ4v) is 2.94. The van der Waals surface area contributed by atoms with Gasteiger partial charge in [-0.15, -0.1) is 0 Å². The molecule has 2 heteroatoms. The second-order valence-corrected chi connectivity index (χ2v) is 6.25. The van der Waals surface area contributed by atoms with Crippen LogP contribution in [0.1, 0.15) is 44.4 Å². The standard InChI is InChI=1S/C16H26N2/c1-12-7-5-6-8-14(12)13(2)18-15-9-10-17-11-16(15,3)4/h5-8,13,15,17-18H,9-11H2,1-4H3/t13-,15?/m1/s1. The van der Waals surface area contributed by atoms with Crippen molar-refractivity contribution < 1.29 is 0 Å². The van der Waals surface area contributed by atoms with E-state index in [0.717, 1.165) is 13.1 Å². The van der Waals surface area contributed by atoms with Gasteiger partial charge >= 0.3 is 0 Å². The van der Waals surface area contributed by atoms with Crippen LogP contribution in [-0.4, -0.2) is 19.1 Å². The van der Waals surface area contributed by atoms with Crippen LogP contribution in [0.3, 0.4) is 0 Å². The molecule has 0 aromatic heterocycles. The Labute approximate surface area is 111 Å². The molecule has 0 bridgehead atoms. The molecule has 2 atom stereocenters. The summed E-state index contributed by atoms with van der Waals surface area (Å²) in [7, 11) is 0. The van der Waals surface area contributed by atoms with E-state index in [2.05, 4.69) is 62.6 Å². The first-order valence-electron chi connectivity index (χ1n) is 7.03. The van der Waals surface area contributed by atoms with Gasteiger partial charge in [0.1, 0.15) is 0 Å². The second kappa shape index (κ2) is 5.41. The summed E-state index contributed by atoms with van der Waals surface area (Å²) in [4.78, 5) is 0. The molecule has 0 aliphatic carbocycles. The highest BCUT2D eigenvalue weighted by atomic mass is 15.0. The second-order valence-electron chi connectivity index (χ2n) is 6.25. The van der Waals surface area contributed by atoms with Gasteiger partial charge in [0.15, 0.2) is 0 Å². The normalized spacial score (nSPS) is 24.8. The lowest BCUT2D eigenvalue weighted by molar-refractivity contribution is 0.174. The van der Waals surface area contributed by atoms with E-state index < -0.39 is 0 Å². The van der Waals surface area contributed by atoms with E-state index in [-0.39, 0.29) is 0 Å². The van der Waals surface area contributed by atoms with Crippen LogP contribution in [0.2, 0.25) is 0 Å². The predicted molar refractivity (Wildman–Crippen MR) is 77.8 cm³/mol. The molecule has 18 heavy (non-hydrogen) atoms. The molecule has 1 aromatic carbocycles. The maximum Gasteiger partial charge on any atom is 0.0297 e. The van der Waals surface area contributed by atoms with Crippen LogP contribution in [-0.2, 0) is 0 Å². The maximum atomic E-state index is 3.83. The van der Waals surface area contributed by atoms with Crippen LogP contribution in [0.25, 0.3) is 0 Å². The van der Waals surface area contributed by atoms with Crippen molar-refractivity contribution in [2.45, 2.75) is 46.2 Å². The van der Waals surface area contributed by atoms with Gasteiger partial charge in [0.2, 0.25) is 0 Å². The number of nitrogens with one attached hydrogen (secondary N) is 2. The third-order valence-electron chi connectivity index (χ3n) is 4.24. The summed E-state index contributed by atoms with van der Waals surface area (Å²) in [5.74, 6) is 0. The summed E-state index contributed by atoms with van der Waals surface area (Å²) in [6.07, 6.45) is 1.21. The van der Waals surface area contributed by atoms with E-state index in [1.165, 1.54) is 17.5 Å². The van der Waals surface area contributed by atoms with Crippen LogP contribution in [0.4, 0.5) is 0 Å². The van der Waals surface area contributed by atoms with E-state index in [1.807, 2.05) is 0 Å². The Morgan fingerprint density at radius 1 is 1.33 bits per heavy atom. The molecular formula is C16H26N2. The molecule has 1 aliphatic heterocycles. The smallest absolute Gasteiger partial charge is 0.0297 e. The van der Waals surface area contributed by atoms with Crippen molar-refractivity contribution in [3.8, 4) is 0 Å². The summed E-state index contributed by atoms with van der Waals surface area (Å²) < 4.78 is 0. The highest BCUT2D eigenvalue weighted by Gasteiger charge is 2.32. The maximum absolute atomic E-state index is 3.83. The quantitative estimate of drug-likeness (QED) is 0.856. The molecule has 1 saturated heterocycles. The Bertz CT molecular complexity index is 398. The lowest BCUT2D eigenvalue weighted by Crippen LogP contribution is -2.53. The number of hydrogen-bond donors (Lipinski definition) is 2. The van der Waals surface area contributed by atoms with E-state index >= 15 is 0 Å². The first kappa shape index (κ1) is 13.6. The fourth-order valence-electron chi connectivity index (χ4n) is 2.94. The minimum absolute atomic E-state index is 0.329. The molecule has 1 unspecified atom stereocenters. The number of benzene rings is 1. The Morgan fingerprint density at radius 3 is 2.72 bits per heavy atom. The van der Waals surface area contributed by atoms with Crippen LogP contribution in [0.5, 0.6) is 0 Å². The minimum atomic E-state index is 0.329. The van der Waals surface area contributed by atoms with Crippen molar-refractivity contribution in [1.29, 1.82) is 0 Å². The molecule has 1 heterocycles. The van der Waals surface area contributed by atoms with E-state index in [1.54, 1.807) is 0 Å². The van der Waals surface area contributed by atoms with Crippen molar-refractivity contribution in [2.24, 2.45) is 5.41 Å². The average molecular weight is 246 g/mol. The molecule has 0 amide bonds. The van der Waals surface area contributed by atoms with Gasteiger partial charge in [-0.2, -0.15) is 0 Å². The Kier molecular flexibility index (Phi) is 4.08. The van der Waals surface area contributed by atoms with Gasteiger partial charge in [-0.05, 0) is 43.4 Å². The number of hydrogen-bond acceptors (Lipinski definition) is 2. The summed E-state index contributed by atoms with van der Waals surface area (Å²) in [6.45, 7) is 11.4. The average Bonchev–Trinajstić information content (AvgIpc) is 2.32. The minimum Gasteiger partial charge on any atom is -0.316 e. The molecule has 2 rings (SSSR count). The lowest BCUT2D eigenvalue weighted by atomic mass is 9.79. The molecule has 1 aromatic rings. The molecule has 1 fully saturated rings. The largest absolute Gasteiger partial charge is 0.316 e. The van der Waals surface area contributed by atoms with Crippen molar-refractivity contribution in [3.63, 3.8) is 0 Å². The van der Waals surface area contributed by atoms with Gasteiger partial charge < -0.3 is 10.6 Å². The molecule has 100 valence electrons. The van der Waals surface area contributed by atoms with Crippen molar-refractivity contribution in [1.82, 2.24) is 10.6 Å². The molecule has 1 aliphatic rings. The first-order chi connectivity index (χ1) is 8.50. The Balaban J connectivity index is 2.07. The fraction of sp³-hybridized carbons (Fsp3) is 0.625. The van der Waals surface area contributed by atoms with Gasteiger partial charge in [-0.3, -0.25) is 0 Å². The zero-order valence-corrected chi connectivity index (χ0v) is 12.1. The van der Waals surface area contributed by atoms with Gasteiger partial charge in [0.05, 0.1) is 0 Å². The van der Waals surface area contributed by atoms with Crippen molar-refractivity contribution >= 4 is 0 Å². The molecule has 0 radical (unpaired) electrons. The molecule has 0 saturated carbocycles. The molecule has 2 nitrogen and oxygen atoms in total. The summed E-state index contributed by atoms with van der Waals surface area (Å²) in [5, 5.41) is 7.32. The number of aryl methyl sites for hydroxylation is 1. The SMILES string of the molecule is Cc1ccccc1[C@@H](C)NC1CCNCC1(C)C. The van der Waals surface area contributed by atoms with E-state index in [0.29, 0.717) is 17.5 Å². The third kappa shape index (κ3) is 2.93. The monoisotopic (exact) mass is 246 g/mol. The van der Waals surface area contributed by atoms with Crippen LogP contribution in [0, 0.1) is 12.3 Å². The number of rotatable bonds is 3. The Hall–Kier alpha value is -0.860. The first-order valence-corrected chi connectivity index (χ1v) is 7.03. The van der Waals surface area contributed by atoms with Crippen molar-refractivity contribution in [3.05, 3.63) is 35.4 Å². The molecule has 2 N–H and O–H groups in total. The predicted octanol–water partition coefficient (Wildman–Crippen LogP) is 3.03. The van der Waals surface area contributed by atoms with Gasteiger partial charge in [0.25, 0.3) is 0 Å². The van der Waals surface area contributed by atoms with E-state index in [4.69, 9.17) is 0 Å². The molecule has 0 spiro atoms. The summed E-state index contributed by atoms with van der Waals surface area (Å²) >= 11 is 0. The topological polar surface area (TPSA) is 24.1 Å². The number of piperidine rings is 1. The third-order valence-corrected chi connectivity index (χ3v) is 4.24. The Morgan fingerprint density at radius 2 is 2.06 bits per heavy atom. The van der Waals surface area contributed by atoms with Crippen LogP contribution in [0.15, 0.2) is 24.3 Å². The van der Waals surface area contributed by atoms with Crippen LogP contribution >= 0.6 is 0 Å². The van der Waals surface area contributed by atoms with E-state index in [9.17, 15) is 0 Å². The highest BCUT2D eigenvalue weighted by molar-refractivity contribution is 5.28. The van der Waals surface area contributed by atoms with Gasteiger partial charge in [-0.25, -0.2) is 0 Å². The van der Waals surface area contributed by atoms with Gasteiger partial charge in [0, 0.05) is 18.6 Å². The summed E-state index contributed by atoms with van der Waals surface area (Å²) in [6, 6.07) is 9.69. The zero-order chi connectivity index (χ0) is 13.2. The highest BCUT2D eigenvalue weighted by Crippen LogP contribution is 2.28. The van der Waals surface area contributed by atoms with Crippen molar-refractivity contribution in [2.75, 3.05) is 13.1 Å². The van der Waals surface area contributed by atoms with Crippen LogP contribution < -0.4 is 10.6 Å². The molecular weight excluding hydrogens is 220 g/mol. The van der Waals surface area contributed by atoms with Gasteiger partial charge in [-0.1, -0.05) is 38.1 Å². The zero-order valence-electron chi connectivity index (χ0n) is 12.1. The summed E-state index contributed by atoms with van der Waals surface area (Å²) in [5.41, 5.74) is 3.13. The lowest BCUT2D eigenvalue weighted by Gasteiger charge is -2.41.